The average molecular weight is 227 g/mol. The van der Waals surface area contributed by atoms with Gasteiger partial charge in [0, 0.05) is 12.4 Å². The zero-order chi connectivity index (χ0) is 10.1. The number of halogens is 1. The fraction of sp³-hybridized carbons (Fsp3) is 0.200. The molecule has 0 spiro atoms. The normalized spacial score (nSPS) is 9.73. The highest BCUT2D eigenvalue weighted by atomic mass is 35.5. The average Bonchev–Trinajstić information content (AvgIpc) is 2.55. The number of imidazole rings is 1. The molecule has 2 heterocycles. The van der Waals surface area contributed by atoms with Crippen LogP contribution < -0.4 is 0 Å². The van der Waals surface area contributed by atoms with Gasteiger partial charge in [0.1, 0.15) is 5.65 Å². The van der Waals surface area contributed by atoms with Crippen molar-refractivity contribution < 1.29 is 9.53 Å². The van der Waals surface area contributed by atoms with Crippen LogP contribution in [0.1, 0.15) is 16.1 Å². The second kappa shape index (κ2) is 4.31. The smallest absolute Gasteiger partial charge is 0.338 e. The van der Waals surface area contributed by atoms with Crippen molar-refractivity contribution in [3.05, 3.63) is 35.8 Å². The Balaban J connectivity index is 0.00000112. The molecule has 2 aromatic rings. The van der Waals surface area contributed by atoms with Crippen LogP contribution >= 0.6 is 12.4 Å². The van der Waals surface area contributed by atoms with Gasteiger partial charge in [-0.15, -0.1) is 12.4 Å². The van der Waals surface area contributed by atoms with Gasteiger partial charge in [0.15, 0.2) is 0 Å². The summed E-state index contributed by atoms with van der Waals surface area (Å²) in [5, 5.41) is 0. The number of esters is 1. The maximum atomic E-state index is 11.2. The molecule has 0 aromatic carbocycles. The number of aryl methyl sites for hydroxylation is 1. The van der Waals surface area contributed by atoms with Crippen LogP contribution in [0.5, 0.6) is 0 Å². The molecule has 5 heteroatoms. The molecule has 15 heavy (non-hydrogen) atoms. The third-order valence-electron chi connectivity index (χ3n) is 2.00. The summed E-state index contributed by atoms with van der Waals surface area (Å²) in [7, 11) is 1.36. The van der Waals surface area contributed by atoms with Crippen LogP contribution in [0.15, 0.2) is 24.5 Å². The van der Waals surface area contributed by atoms with Crippen LogP contribution in [0.4, 0.5) is 0 Å². The number of ether oxygens (including phenoxy) is 1. The second-order valence-electron chi connectivity index (χ2n) is 3.05. The number of pyridine rings is 1. The Bertz CT molecular complexity index is 493. The van der Waals surface area contributed by atoms with E-state index in [0.717, 1.165) is 11.3 Å². The lowest BCUT2D eigenvalue weighted by Gasteiger charge is -1.98. The number of nitrogens with zero attached hydrogens (tertiary/aromatic N) is 2. The first-order valence-electron chi connectivity index (χ1n) is 4.24. The van der Waals surface area contributed by atoms with Gasteiger partial charge in [0.05, 0.1) is 18.4 Å². The molecular weight excluding hydrogens is 216 g/mol. The van der Waals surface area contributed by atoms with Crippen molar-refractivity contribution in [3.63, 3.8) is 0 Å². The van der Waals surface area contributed by atoms with Gasteiger partial charge in [-0.3, -0.25) is 0 Å². The van der Waals surface area contributed by atoms with Crippen molar-refractivity contribution in [2.75, 3.05) is 7.11 Å². The fourth-order valence-electron chi connectivity index (χ4n) is 1.35. The van der Waals surface area contributed by atoms with Gasteiger partial charge in [-0.2, -0.15) is 0 Å². The van der Waals surface area contributed by atoms with E-state index in [9.17, 15) is 4.79 Å². The molecule has 2 aromatic heterocycles. The monoisotopic (exact) mass is 226 g/mol. The van der Waals surface area contributed by atoms with Crippen molar-refractivity contribution >= 4 is 24.0 Å². The van der Waals surface area contributed by atoms with Crippen molar-refractivity contribution in [2.45, 2.75) is 6.92 Å². The first-order chi connectivity index (χ1) is 6.70. The minimum atomic E-state index is -0.340. The van der Waals surface area contributed by atoms with Crippen LogP contribution in [0.25, 0.3) is 5.65 Å². The molecule has 0 bridgehead atoms. The lowest BCUT2D eigenvalue weighted by Crippen LogP contribution is -2.01. The van der Waals surface area contributed by atoms with Crippen LogP contribution in [-0.2, 0) is 4.74 Å². The highest BCUT2D eigenvalue weighted by Crippen LogP contribution is 2.08. The molecule has 0 radical (unpaired) electrons. The van der Waals surface area contributed by atoms with Crippen LogP contribution in [0.3, 0.4) is 0 Å². The second-order valence-corrected chi connectivity index (χ2v) is 3.05. The third-order valence-corrected chi connectivity index (χ3v) is 2.00. The fourth-order valence-corrected chi connectivity index (χ4v) is 1.35. The predicted octanol–water partition coefficient (Wildman–Crippen LogP) is 1.85. The number of methoxy groups -OCH3 is 1. The largest absolute Gasteiger partial charge is 0.465 e. The van der Waals surface area contributed by atoms with Gasteiger partial charge in [0.25, 0.3) is 0 Å². The van der Waals surface area contributed by atoms with E-state index in [0.29, 0.717) is 5.56 Å². The molecule has 0 atom stereocenters. The lowest BCUT2D eigenvalue weighted by molar-refractivity contribution is 0.0600. The molecule has 0 saturated carbocycles. The number of carbonyl (C=O) groups is 1. The van der Waals surface area contributed by atoms with Gasteiger partial charge in [-0.1, -0.05) is 0 Å². The van der Waals surface area contributed by atoms with Crippen molar-refractivity contribution in [1.82, 2.24) is 9.38 Å². The molecule has 0 fully saturated rings. The van der Waals surface area contributed by atoms with E-state index in [1.165, 1.54) is 7.11 Å². The standard InChI is InChI=1S/C10H10N2O2.ClH/c1-7-6-12-4-3-8(10(13)14-2)5-9(12)11-7;/h3-6H,1-2H3;1H. The van der Waals surface area contributed by atoms with E-state index in [2.05, 4.69) is 9.72 Å². The summed E-state index contributed by atoms with van der Waals surface area (Å²) in [6.07, 6.45) is 3.69. The number of carbonyl (C=O) groups excluding carboxylic acids is 1. The summed E-state index contributed by atoms with van der Waals surface area (Å²) in [6, 6.07) is 3.42. The third kappa shape index (κ3) is 2.10. The molecule has 0 aliphatic heterocycles. The van der Waals surface area contributed by atoms with E-state index in [1.54, 1.807) is 18.3 Å². The quantitative estimate of drug-likeness (QED) is 0.697. The Morgan fingerprint density at radius 2 is 2.27 bits per heavy atom. The molecule has 2 rings (SSSR count). The van der Waals surface area contributed by atoms with Crippen LogP contribution in [0.2, 0.25) is 0 Å². The lowest BCUT2D eigenvalue weighted by atomic mass is 10.3. The minimum Gasteiger partial charge on any atom is -0.465 e. The first-order valence-corrected chi connectivity index (χ1v) is 4.24. The van der Waals surface area contributed by atoms with E-state index in [1.807, 2.05) is 17.5 Å². The highest BCUT2D eigenvalue weighted by Gasteiger charge is 2.06. The van der Waals surface area contributed by atoms with Crippen molar-refractivity contribution in [3.8, 4) is 0 Å². The SMILES string of the molecule is COC(=O)c1ccn2cc(C)nc2c1.Cl. The topological polar surface area (TPSA) is 43.6 Å². The van der Waals surface area contributed by atoms with Gasteiger partial charge in [-0.05, 0) is 19.1 Å². The molecule has 80 valence electrons. The molecule has 0 unspecified atom stereocenters. The molecular formula is C10H11ClN2O2. The summed E-state index contributed by atoms with van der Waals surface area (Å²) in [5.74, 6) is -0.340. The van der Waals surface area contributed by atoms with Gasteiger partial charge in [-0.25, -0.2) is 9.78 Å². The van der Waals surface area contributed by atoms with E-state index < -0.39 is 0 Å². The van der Waals surface area contributed by atoms with E-state index in [-0.39, 0.29) is 18.4 Å². The number of aromatic nitrogens is 2. The first kappa shape index (κ1) is 11.5. The zero-order valence-corrected chi connectivity index (χ0v) is 9.25. The Hall–Kier alpha value is -1.55. The highest BCUT2D eigenvalue weighted by molar-refractivity contribution is 5.90. The number of rotatable bonds is 1. The maximum absolute atomic E-state index is 11.2. The summed E-state index contributed by atoms with van der Waals surface area (Å²) in [6.45, 7) is 1.91. The maximum Gasteiger partial charge on any atom is 0.338 e. The van der Waals surface area contributed by atoms with E-state index in [4.69, 9.17) is 0 Å². The summed E-state index contributed by atoms with van der Waals surface area (Å²) in [4.78, 5) is 15.5. The molecule has 4 nitrogen and oxygen atoms in total. The molecule has 0 aliphatic carbocycles. The van der Waals surface area contributed by atoms with Gasteiger partial charge < -0.3 is 9.14 Å². The summed E-state index contributed by atoms with van der Waals surface area (Å²) in [5.41, 5.74) is 2.20. The molecule has 0 amide bonds. The Kier molecular flexibility index (Phi) is 3.31. The number of hydrogen-bond acceptors (Lipinski definition) is 3. The molecule has 0 saturated heterocycles. The summed E-state index contributed by atoms with van der Waals surface area (Å²) >= 11 is 0. The van der Waals surface area contributed by atoms with Gasteiger partial charge in [0.2, 0.25) is 0 Å². The summed E-state index contributed by atoms with van der Waals surface area (Å²) < 4.78 is 6.48. The molecule has 0 aliphatic rings. The number of hydrogen-bond donors (Lipinski definition) is 0. The predicted molar refractivity (Wildman–Crippen MR) is 58.5 cm³/mol. The Labute approximate surface area is 93.3 Å². The van der Waals surface area contributed by atoms with Crippen molar-refractivity contribution in [1.29, 1.82) is 0 Å². The Morgan fingerprint density at radius 1 is 1.53 bits per heavy atom. The minimum absolute atomic E-state index is 0. The zero-order valence-electron chi connectivity index (χ0n) is 8.43. The van der Waals surface area contributed by atoms with Crippen LogP contribution in [-0.4, -0.2) is 22.5 Å². The molecule has 0 N–H and O–H groups in total. The Morgan fingerprint density at radius 3 is 2.93 bits per heavy atom. The number of fused-ring (bicyclic) bond motifs is 1. The van der Waals surface area contributed by atoms with Crippen LogP contribution in [0, 0.1) is 6.92 Å². The van der Waals surface area contributed by atoms with Crippen molar-refractivity contribution in [2.24, 2.45) is 0 Å². The van der Waals surface area contributed by atoms with Gasteiger partial charge >= 0.3 is 5.97 Å². The van der Waals surface area contributed by atoms with E-state index >= 15 is 0 Å².